The molecule has 182 valence electrons. The van der Waals surface area contributed by atoms with Crippen molar-refractivity contribution in [3.05, 3.63) is 34.9 Å². The number of alkyl halides is 2. The minimum absolute atomic E-state index is 0.265. The summed E-state index contributed by atoms with van der Waals surface area (Å²) >= 11 is 0. The zero-order chi connectivity index (χ0) is 24.7. The van der Waals surface area contributed by atoms with Gasteiger partial charge in [-0.05, 0) is 48.9 Å². The molecule has 3 unspecified atom stereocenters. The summed E-state index contributed by atoms with van der Waals surface area (Å²) in [4.78, 5) is 12.4. The lowest BCUT2D eigenvalue weighted by Crippen LogP contribution is -2.45. The SMILES string of the molecule is CCC(O)(CC)C1c2cc(C(=O)OC(O)C(F)(F)S(=O)(=O)O)cc(c2)C1C(O)(CC)CC. The van der Waals surface area contributed by atoms with E-state index in [-0.39, 0.29) is 5.56 Å². The second-order valence-electron chi connectivity index (χ2n) is 8.26. The molecular formula is C21H30F2O8S. The highest BCUT2D eigenvalue weighted by atomic mass is 32.2. The molecule has 0 aromatic heterocycles. The highest BCUT2D eigenvalue weighted by Gasteiger charge is 2.55. The van der Waals surface area contributed by atoms with Crippen molar-refractivity contribution in [1.29, 1.82) is 0 Å². The maximum absolute atomic E-state index is 13.6. The van der Waals surface area contributed by atoms with Crippen molar-refractivity contribution >= 4 is 16.1 Å². The van der Waals surface area contributed by atoms with Gasteiger partial charge in [0.15, 0.2) is 0 Å². The number of hydrogen-bond acceptors (Lipinski definition) is 7. The Kier molecular flexibility index (Phi) is 7.43. The lowest BCUT2D eigenvalue weighted by molar-refractivity contribution is -0.168. The predicted molar refractivity (Wildman–Crippen MR) is 111 cm³/mol. The Balaban J connectivity index is 2.52. The fraction of sp³-hybridized carbons (Fsp3) is 0.667. The Morgan fingerprint density at radius 1 is 0.969 bits per heavy atom. The van der Waals surface area contributed by atoms with Gasteiger partial charge in [0.2, 0.25) is 0 Å². The van der Waals surface area contributed by atoms with E-state index in [2.05, 4.69) is 4.74 Å². The molecule has 0 spiro atoms. The van der Waals surface area contributed by atoms with Gasteiger partial charge in [-0.3, -0.25) is 4.55 Å². The van der Waals surface area contributed by atoms with Gasteiger partial charge in [-0.15, -0.1) is 0 Å². The summed E-state index contributed by atoms with van der Waals surface area (Å²) in [5.74, 6) is -2.64. The van der Waals surface area contributed by atoms with Crippen LogP contribution in [-0.4, -0.2) is 57.0 Å². The number of hydrogen-bond donors (Lipinski definition) is 4. The molecule has 32 heavy (non-hydrogen) atoms. The van der Waals surface area contributed by atoms with Crippen LogP contribution in [0.1, 0.15) is 86.7 Å². The summed E-state index contributed by atoms with van der Waals surface area (Å²) in [5, 5.41) is 26.9. The number of aliphatic hydroxyl groups is 3. The number of fused-ring (bicyclic) bond motifs is 2. The van der Waals surface area contributed by atoms with E-state index in [9.17, 15) is 37.3 Å². The van der Waals surface area contributed by atoms with E-state index in [1.807, 2.05) is 0 Å². The minimum atomic E-state index is -6.03. The Bertz CT molecular complexity index is 912. The van der Waals surface area contributed by atoms with E-state index in [4.69, 9.17) is 4.55 Å². The maximum atomic E-state index is 13.6. The van der Waals surface area contributed by atoms with Crippen molar-refractivity contribution in [3.63, 3.8) is 0 Å². The van der Waals surface area contributed by atoms with Gasteiger partial charge in [0.1, 0.15) is 0 Å². The van der Waals surface area contributed by atoms with E-state index in [1.54, 1.807) is 33.8 Å². The van der Waals surface area contributed by atoms with Crippen LogP contribution in [0.4, 0.5) is 8.78 Å². The van der Waals surface area contributed by atoms with Crippen molar-refractivity contribution < 1.29 is 46.6 Å². The standard InChI is InChI=1S/C21H30F2O8S/c1-5-19(26,6-2)15-12-9-13(16(15)20(27,7-3)8-4)11-14(10-12)17(24)31-18(25)21(22,23)32(28,29)30/h9-11,15-16,18,25-27H,5-8H2,1-4H3,(H,28,29,30). The lowest BCUT2D eigenvalue weighted by atomic mass is 9.66. The summed E-state index contributed by atoms with van der Waals surface area (Å²) in [6.45, 7) is 7.17. The van der Waals surface area contributed by atoms with Crippen molar-refractivity contribution in [3.8, 4) is 0 Å². The van der Waals surface area contributed by atoms with Crippen LogP contribution >= 0.6 is 0 Å². The summed E-state index contributed by atoms with van der Waals surface area (Å²) in [6, 6.07) is 4.32. The Morgan fingerprint density at radius 3 is 1.66 bits per heavy atom. The van der Waals surface area contributed by atoms with Crippen molar-refractivity contribution in [2.75, 3.05) is 0 Å². The summed E-state index contributed by atoms with van der Waals surface area (Å²) in [6.07, 6.45) is -2.02. The van der Waals surface area contributed by atoms with Gasteiger partial charge in [0.05, 0.1) is 16.8 Å². The molecule has 0 saturated heterocycles. The zero-order valence-corrected chi connectivity index (χ0v) is 19.2. The third-order valence-electron chi connectivity index (χ3n) is 6.72. The van der Waals surface area contributed by atoms with Crippen LogP contribution in [0.15, 0.2) is 18.2 Å². The Hall–Kier alpha value is -1.66. The normalized spacial score (nSPS) is 20.3. The van der Waals surface area contributed by atoms with Gasteiger partial charge in [-0.2, -0.15) is 17.2 Å². The molecule has 3 atom stereocenters. The smallest absolute Gasteiger partial charge is 0.424 e. The molecule has 0 radical (unpaired) electrons. The molecule has 0 aliphatic heterocycles. The van der Waals surface area contributed by atoms with Crippen LogP contribution in [0.2, 0.25) is 0 Å². The molecule has 11 heteroatoms. The first-order valence-corrected chi connectivity index (χ1v) is 11.9. The summed E-state index contributed by atoms with van der Waals surface area (Å²) in [5.41, 5.74) is -1.74. The van der Waals surface area contributed by atoms with E-state index in [1.165, 1.54) is 12.1 Å². The molecule has 8 nitrogen and oxygen atoms in total. The van der Waals surface area contributed by atoms with Crippen LogP contribution in [-0.2, 0) is 14.9 Å². The van der Waals surface area contributed by atoms with E-state index >= 15 is 0 Å². The molecular weight excluding hydrogens is 450 g/mol. The highest BCUT2D eigenvalue weighted by molar-refractivity contribution is 7.86. The van der Waals surface area contributed by atoms with E-state index in [0.717, 1.165) is 0 Å². The molecule has 1 aliphatic rings. The number of ether oxygens (including phenoxy) is 1. The molecule has 2 bridgehead atoms. The lowest BCUT2D eigenvalue weighted by Gasteiger charge is -2.43. The molecule has 0 amide bonds. The monoisotopic (exact) mass is 480 g/mol. The summed E-state index contributed by atoms with van der Waals surface area (Å²) < 4.78 is 61.4. The molecule has 0 heterocycles. The molecule has 1 aromatic rings. The first kappa shape index (κ1) is 26.6. The minimum Gasteiger partial charge on any atom is -0.424 e. The van der Waals surface area contributed by atoms with Crippen LogP contribution in [0.25, 0.3) is 0 Å². The van der Waals surface area contributed by atoms with Gasteiger partial charge < -0.3 is 20.1 Å². The second-order valence-corrected chi connectivity index (χ2v) is 9.75. The van der Waals surface area contributed by atoms with Crippen LogP contribution < -0.4 is 0 Å². The zero-order valence-electron chi connectivity index (χ0n) is 18.4. The number of esters is 1. The van der Waals surface area contributed by atoms with Gasteiger partial charge in [-0.1, -0.05) is 33.8 Å². The third kappa shape index (κ3) is 4.41. The molecule has 4 N–H and O–H groups in total. The Morgan fingerprint density at radius 2 is 1.34 bits per heavy atom. The van der Waals surface area contributed by atoms with Crippen molar-refractivity contribution in [1.82, 2.24) is 0 Å². The molecule has 1 aromatic carbocycles. The van der Waals surface area contributed by atoms with E-state index in [0.29, 0.717) is 36.8 Å². The van der Waals surface area contributed by atoms with Gasteiger partial charge in [-0.25, -0.2) is 4.79 Å². The molecule has 0 fully saturated rings. The number of halogens is 2. The van der Waals surface area contributed by atoms with E-state index < -0.39 is 50.7 Å². The highest BCUT2D eigenvalue weighted by Crippen LogP contribution is 2.55. The molecule has 2 rings (SSSR count). The van der Waals surface area contributed by atoms with Gasteiger partial charge in [0.25, 0.3) is 6.29 Å². The average Bonchev–Trinajstić information content (AvgIpc) is 3.02. The predicted octanol–water partition coefficient (Wildman–Crippen LogP) is 2.93. The average molecular weight is 481 g/mol. The fourth-order valence-electron chi connectivity index (χ4n) is 4.52. The number of carbonyl (C=O) groups excluding carboxylic acids is 1. The number of carbonyl (C=O) groups is 1. The van der Waals surface area contributed by atoms with Crippen LogP contribution in [0, 0.1) is 0 Å². The maximum Gasteiger partial charge on any atom is 0.430 e. The summed E-state index contributed by atoms with van der Waals surface area (Å²) in [7, 11) is -6.03. The number of benzene rings is 1. The van der Waals surface area contributed by atoms with Crippen LogP contribution in [0.3, 0.4) is 0 Å². The molecule has 1 aliphatic carbocycles. The fourth-order valence-corrected chi connectivity index (χ4v) is 4.83. The van der Waals surface area contributed by atoms with Crippen LogP contribution in [0.5, 0.6) is 0 Å². The number of rotatable bonds is 10. The largest absolute Gasteiger partial charge is 0.430 e. The third-order valence-corrected chi connectivity index (χ3v) is 7.61. The first-order valence-electron chi connectivity index (χ1n) is 10.4. The number of aliphatic hydroxyl groups excluding tert-OH is 1. The Labute approximate surface area is 186 Å². The van der Waals surface area contributed by atoms with Gasteiger partial charge in [0, 0.05) is 11.8 Å². The van der Waals surface area contributed by atoms with Crippen molar-refractivity contribution in [2.45, 2.75) is 88.0 Å². The molecule has 0 saturated carbocycles. The van der Waals surface area contributed by atoms with Gasteiger partial charge >= 0.3 is 21.3 Å². The topological polar surface area (TPSA) is 141 Å². The second kappa shape index (κ2) is 8.94. The first-order chi connectivity index (χ1) is 14.6. The quantitative estimate of drug-likeness (QED) is 0.228. The van der Waals surface area contributed by atoms with Crippen molar-refractivity contribution in [2.24, 2.45) is 0 Å².